The second kappa shape index (κ2) is 4.47. The van der Waals surface area contributed by atoms with Crippen LogP contribution in [0.1, 0.15) is 12.0 Å². The van der Waals surface area contributed by atoms with E-state index in [1.54, 1.807) is 0 Å². The lowest BCUT2D eigenvalue weighted by Gasteiger charge is -2.12. The molecule has 1 aromatic rings. The lowest BCUT2D eigenvalue weighted by molar-refractivity contribution is -0.274. The van der Waals surface area contributed by atoms with E-state index in [0.29, 0.717) is 29.0 Å². The molecule has 0 amide bonds. The van der Waals surface area contributed by atoms with Crippen molar-refractivity contribution in [1.82, 2.24) is 0 Å². The number of carboxylic acids is 1. The molecule has 0 atom stereocenters. The highest BCUT2D eigenvalue weighted by Crippen LogP contribution is 2.41. The van der Waals surface area contributed by atoms with Crippen LogP contribution in [0.3, 0.4) is 0 Å². The van der Waals surface area contributed by atoms with Gasteiger partial charge in [0.15, 0.2) is 0 Å². The SMILES string of the molecule is O=C(O)C1=CCC2=Nc3ccc(OC(F)(F)F)cc3C2=C1. The molecule has 1 aliphatic heterocycles. The molecule has 0 saturated carbocycles. The molecule has 0 bridgehead atoms. The molecule has 0 aromatic heterocycles. The van der Waals surface area contributed by atoms with Gasteiger partial charge in [-0.3, -0.25) is 4.99 Å². The molecule has 1 aliphatic carbocycles. The van der Waals surface area contributed by atoms with Gasteiger partial charge in [-0.2, -0.15) is 0 Å². The maximum absolute atomic E-state index is 12.2. The van der Waals surface area contributed by atoms with Crippen LogP contribution in [0.2, 0.25) is 0 Å². The number of ether oxygens (including phenoxy) is 1. The molecule has 0 saturated heterocycles. The maximum Gasteiger partial charge on any atom is 0.573 e. The molecule has 4 nitrogen and oxygen atoms in total. The first-order chi connectivity index (χ1) is 9.83. The predicted molar refractivity (Wildman–Crippen MR) is 68.5 cm³/mol. The zero-order valence-corrected chi connectivity index (χ0v) is 10.4. The standard InChI is InChI=1S/C14H8F3NO3/c15-14(16,17)21-8-2-4-12-10(6-8)9-5-7(13(19)20)1-3-11(9)18-12/h1-2,4-6H,3H2,(H,19,20). The van der Waals surface area contributed by atoms with E-state index in [1.807, 2.05) is 0 Å². The number of aliphatic imine (C=N–C) groups is 1. The first-order valence-electron chi connectivity index (χ1n) is 5.97. The van der Waals surface area contributed by atoms with Gasteiger partial charge in [0.25, 0.3) is 0 Å². The van der Waals surface area contributed by atoms with Crippen molar-refractivity contribution in [1.29, 1.82) is 0 Å². The number of alkyl halides is 3. The Morgan fingerprint density at radius 2 is 2.10 bits per heavy atom. The number of hydrogen-bond donors (Lipinski definition) is 1. The molecule has 21 heavy (non-hydrogen) atoms. The van der Waals surface area contributed by atoms with Crippen LogP contribution in [0.5, 0.6) is 5.75 Å². The summed E-state index contributed by atoms with van der Waals surface area (Å²) >= 11 is 0. The molecule has 1 aromatic carbocycles. The smallest absolute Gasteiger partial charge is 0.478 e. The van der Waals surface area contributed by atoms with Crippen molar-refractivity contribution >= 4 is 22.9 Å². The Kier molecular flexibility index (Phi) is 2.86. The van der Waals surface area contributed by atoms with Gasteiger partial charge in [-0.1, -0.05) is 6.08 Å². The van der Waals surface area contributed by atoms with Gasteiger partial charge in [0.2, 0.25) is 0 Å². The number of carboxylic acid groups (broad SMARTS) is 1. The molecule has 0 spiro atoms. The molecule has 7 heteroatoms. The van der Waals surface area contributed by atoms with Gasteiger partial charge in [0.1, 0.15) is 5.75 Å². The second-order valence-corrected chi connectivity index (χ2v) is 4.51. The maximum atomic E-state index is 12.2. The van der Waals surface area contributed by atoms with E-state index in [1.165, 1.54) is 30.4 Å². The summed E-state index contributed by atoms with van der Waals surface area (Å²) in [5.41, 5.74) is 2.21. The fraction of sp³-hybridized carbons (Fsp3) is 0.143. The number of hydrogen-bond acceptors (Lipinski definition) is 3. The van der Waals surface area contributed by atoms with Crippen molar-refractivity contribution in [3.05, 3.63) is 41.5 Å². The van der Waals surface area contributed by atoms with Crippen molar-refractivity contribution in [3.8, 4) is 5.75 Å². The summed E-state index contributed by atoms with van der Waals surface area (Å²) in [7, 11) is 0. The summed E-state index contributed by atoms with van der Waals surface area (Å²) in [6.07, 6.45) is -1.52. The highest BCUT2D eigenvalue weighted by Gasteiger charge is 2.32. The summed E-state index contributed by atoms with van der Waals surface area (Å²) in [6.45, 7) is 0. The highest BCUT2D eigenvalue weighted by atomic mass is 19.4. The molecular formula is C14H8F3NO3. The first-order valence-corrected chi connectivity index (χ1v) is 5.97. The van der Waals surface area contributed by atoms with Gasteiger partial charge in [0, 0.05) is 17.6 Å². The second-order valence-electron chi connectivity index (χ2n) is 4.51. The molecule has 1 heterocycles. The Hall–Kier alpha value is -2.57. The third kappa shape index (κ3) is 2.54. The minimum absolute atomic E-state index is 0.0962. The minimum atomic E-state index is -4.77. The summed E-state index contributed by atoms with van der Waals surface area (Å²) in [5, 5.41) is 8.99. The van der Waals surface area contributed by atoms with Crippen LogP contribution >= 0.6 is 0 Å². The molecule has 3 rings (SSSR count). The molecule has 0 fully saturated rings. The van der Waals surface area contributed by atoms with Gasteiger partial charge >= 0.3 is 12.3 Å². The van der Waals surface area contributed by atoms with Gasteiger partial charge < -0.3 is 9.84 Å². The quantitative estimate of drug-likeness (QED) is 0.908. The van der Waals surface area contributed by atoms with E-state index in [9.17, 15) is 18.0 Å². The van der Waals surface area contributed by atoms with Crippen LogP contribution in [0.15, 0.2) is 40.9 Å². The van der Waals surface area contributed by atoms with E-state index in [0.717, 1.165) is 0 Å². The number of carbonyl (C=O) groups is 1. The van der Waals surface area contributed by atoms with Crippen molar-refractivity contribution < 1.29 is 27.8 Å². The van der Waals surface area contributed by atoms with Crippen molar-refractivity contribution in [2.75, 3.05) is 0 Å². The number of rotatable bonds is 2. The minimum Gasteiger partial charge on any atom is -0.478 e. The monoisotopic (exact) mass is 295 g/mol. The lowest BCUT2D eigenvalue weighted by Crippen LogP contribution is -2.17. The normalized spacial score (nSPS) is 16.4. The van der Waals surface area contributed by atoms with Gasteiger partial charge in [-0.15, -0.1) is 13.2 Å². The average molecular weight is 295 g/mol. The fourth-order valence-electron chi connectivity index (χ4n) is 2.27. The Labute approximate surface area is 116 Å². The number of halogens is 3. The van der Waals surface area contributed by atoms with Crippen LogP contribution in [0.4, 0.5) is 18.9 Å². The molecule has 0 unspecified atom stereocenters. The summed E-state index contributed by atoms with van der Waals surface area (Å²) < 4.78 is 40.6. The van der Waals surface area contributed by atoms with E-state index >= 15 is 0 Å². The largest absolute Gasteiger partial charge is 0.573 e. The molecule has 0 radical (unpaired) electrons. The van der Waals surface area contributed by atoms with E-state index < -0.39 is 12.3 Å². The number of benzene rings is 1. The lowest BCUT2D eigenvalue weighted by atomic mass is 9.93. The summed E-state index contributed by atoms with van der Waals surface area (Å²) in [6, 6.07) is 3.82. The van der Waals surface area contributed by atoms with E-state index in [4.69, 9.17) is 5.11 Å². The Bertz CT molecular complexity index is 729. The zero-order valence-electron chi connectivity index (χ0n) is 10.4. The summed E-state index contributed by atoms with van der Waals surface area (Å²) in [4.78, 5) is 15.3. The number of fused-ring (bicyclic) bond motifs is 3. The van der Waals surface area contributed by atoms with Gasteiger partial charge in [0.05, 0.1) is 17.0 Å². The zero-order chi connectivity index (χ0) is 15.2. The van der Waals surface area contributed by atoms with Gasteiger partial charge in [-0.05, 0) is 24.3 Å². The predicted octanol–water partition coefficient (Wildman–Crippen LogP) is 3.47. The molecule has 1 N–H and O–H groups in total. The number of allylic oxidation sites excluding steroid dienone is 2. The van der Waals surface area contributed by atoms with Crippen molar-refractivity contribution in [2.24, 2.45) is 4.99 Å². The fourth-order valence-corrected chi connectivity index (χ4v) is 2.27. The van der Waals surface area contributed by atoms with Gasteiger partial charge in [-0.25, -0.2) is 4.79 Å². The van der Waals surface area contributed by atoms with Crippen LogP contribution in [0, 0.1) is 0 Å². The molecule has 108 valence electrons. The Morgan fingerprint density at radius 3 is 2.76 bits per heavy atom. The highest BCUT2D eigenvalue weighted by molar-refractivity contribution is 6.31. The molecular weight excluding hydrogens is 287 g/mol. The Balaban J connectivity index is 2.00. The molecule has 2 aliphatic rings. The van der Waals surface area contributed by atoms with Crippen molar-refractivity contribution in [2.45, 2.75) is 12.8 Å². The van der Waals surface area contributed by atoms with Crippen LogP contribution < -0.4 is 4.74 Å². The summed E-state index contributed by atoms with van der Waals surface area (Å²) in [5.74, 6) is -1.44. The first kappa shape index (κ1) is 13.4. The number of nitrogens with zero attached hydrogens (tertiary/aromatic N) is 1. The topological polar surface area (TPSA) is 58.9 Å². The average Bonchev–Trinajstić information content (AvgIpc) is 2.74. The third-order valence-electron chi connectivity index (χ3n) is 3.12. The Morgan fingerprint density at radius 1 is 1.33 bits per heavy atom. The van der Waals surface area contributed by atoms with E-state index in [-0.39, 0.29) is 11.3 Å². The number of aliphatic carboxylic acids is 1. The van der Waals surface area contributed by atoms with Crippen LogP contribution in [0.25, 0.3) is 5.57 Å². The van der Waals surface area contributed by atoms with E-state index in [2.05, 4.69) is 9.73 Å². The third-order valence-corrected chi connectivity index (χ3v) is 3.12. The van der Waals surface area contributed by atoms with Crippen LogP contribution in [-0.4, -0.2) is 23.1 Å². The van der Waals surface area contributed by atoms with Crippen molar-refractivity contribution in [3.63, 3.8) is 0 Å². The van der Waals surface area contributed by atoms with Crippen LogP contribution in [-0.2, 0) is 4.79 Å².